The van der Waals surface area contributed by atoms with Gasteiger partial charge in [-0.05, 0) is 51.6 Å². The van der Waals surface area contributed by atoms with Gasteiger partial charge in [-0.25, -0.2) is 0 Å². The third-order valence-corrected chi connectivity index (χ3v) is 5.73. The number of benzene rings is 2. The highest BCUT2D eigenvalue weighted by Gasteiger charge is 2.28. The second-order valence-electron chi connectivity index (χ2n) is 8.07. The van der Waals surface area contributed by atoms with Crippen molar-refractivity contribution in [3.05, 3.63) is 71.3 Å². The van der Waals surface area contributed by atoms with Crippen LogP contribution in [-0.4, -0.2) is 55.3 Å². The molecule has 0 bridgehead atoms. The molecule has 5 nitrogen and oxygen atoms in total. The van der Waals surface area contributed by atoms with Crippen molar-refractivity contribution in [3.8, 4) is 0 Å². The quantitative estimate of drug-likeness (QED) is 0.820. The van der Waals surface area contributed by atoms with Crippen LogP contribution >= 0.6 is 0 Å². The SMILES string of the molecule is Cc1ccc(C(CNC(=O)C2CCN(C(=O)c3ccccc3)CC2)N(C)C)cc1. The van der Waals surface area contributed by atoms with Crippen LogP contribution in [0, 0.1) is 12.8 Å². The summed E-state index contributed by atoms with van der Waals surface area (Å²) in [5.41, 5.74) is 3.14. The first-order valence-corrected chi connectivity index (χ1v) is 10.3. The average Bonchev–Trinajstić information content (AvgIpc) is 2.75. The summed E-state index contributed by atoms with van der Waals surface area (Å²) in [5, 5.41) is 3.14. The number of amides is 2. The van der Waals surface area contributed by atoms with E-state index in [-0.39, 0.29) is 23.8 Å². The van der Waals surface area contributed by atoms with Crippen LogP contribution in [0.2, 0.25) is 0 Å². The van der Waals surface area contributed by atoms with Gasteiger partial charge in [-0.15, -0.1) is 0 Å². The normalized spacial score (nSPS) is 15.9. The molecule has 1 saturated heterocycles. The van der Waals surface area contributed by atoms with Crippen molar-refractivity contribution in [1.82, 2.24) is 15.1 Å². The molecule has 1 N–H and O–H groups in total. The lowest BCUT2D eigenvalue weighted by Gasteiger charge is -2.32. The summed E-state index contributed by atoms with van der Waals surface area (Å²) in [5.74, 6) is 0.114. The van der Waals surface area contributed by atoms with Crippen molar-refractivity contribution in [1.29, 1.82) is 0 Å². The first-order valence-electron chi connectivity index (χ1n) is 10.3. The van der Waals surface area contributed by atoms with E-state index >= 15 is 0 Å². The van der Waals surface area contributed by atoms with E-state index in [4.69, 9.17) is 0 Å². The first kappa shape index (κ1) is 21.1. The van der Waals surface area contributed by atoms with Crippen LogP contribution in [0.25, 0.3) is 0 Å². The number of piperidine rings is 1. The smallest absolute Gasteiger partial charge is 0.253 e. The highest BCUT2D eigenvalue weighted by molar-refractivity contribution is 5.94. The maximum Gasteiger partial charge on any atom is 0.253 e. The summed E-state index contributed by atoms with van der Waals surface area (Å²) >= 11 is 0. The van der Waals surface area contributed by atoms with E-state index in [9.17, 15) is 9.59 Å². The van der Waals surface area contributed by atoms with Crippen LogP contribution in [0.5, 0.6) is 0 Å². The average molecular weight is 394 g/mol. The molecule has 154 valence electrons. The molecule has 0 saturated carbocycles. The second kappa shape index (κ2) is 9.70. The van der Waals surface area contributed by atoms with Crippen molar-refractivity contribution >= 4 is 11.8 Å². The molecule has 3 rings (SSSR count). The van der Waals surface area contributed by atoms with Gasteiger partial charge in [0.25, 0.3) is 5.91 Å². The van der Waals surface area contributed by atoms with Crippen molar-refractivity contribution in [2.24, 2.45) is 5.92 Å². The van der Waals surface area contributed by atoms with Gasteiger partial charge >= 0.3 is 0 Å². The van der Waals surface area contributed by atoms with Gasteiger partial charge in [-0.1, -0.05) is 48.0 Å². The molecule has 0 radical (unpaired) electrons. The fourth-order valence-corrected chi connectivity index (χ4v) is 3.84. The summed E-state index contributed by atoms with van der Waals surface area (Å²) < 4.78 is 0. The molecular weight excluding hydrogens is 362 g/mol. The number of nitrogens with zero attached hydrogens (tertiary/aromatic N) is 2. The fraction of sp³-hybridized carbons (Fsp3) is 0.417. The number of aryl methyl sites for hydroxylation is 1. The number of hydrogen-bond acceptors (Lipinski definition) is 3. The third kappa shape index (κ3) is 5.45. The van der Waals surface area contributed by atoms with Crippen molar-refractivity contribution < 1.29 is 9.59 Å². The Morgan fingerprint density at radius 2 is 1.66 bits per heavy atom. The van der Waals surface area contributed by atoms with E-state index in [1.165, 1.54) is 11.1 Å². The van der Waals surface area contributed by atoms with Crippen LogP contribution in [0.1, 0.15) is 40.4 Å². The van der Waals surface area contributed by atoms with E-state index in [1.807, 2.05) is 49.3 Å². The number of nitrogens with one attached hydrogen (secondary N) is 1. The lowest BCUT2D eigenvalue weighted by Crippen LogP contribution is -2.44. The van der Waals surface area contributed by atoms with E-state index in [1.54, 1.807) is 0 Å². The Labute approximate surface area is 173 Å². The number of likely N-dealkylation sites (tertiary alicyclic amines) is 1. The Hall–Kier alpha value is -2.66. The van der Waals surface area contributed by atoms with E-state index in [2.05, 4.69) is 41.4 Å². The maximum absolute atomic E-state index is 12.7. The second-order valence-corrected chi connectivity index (χ2v) is 8.07. The first-order chi connectivity index (χ1) is 14.0. The fourth-order valence-electron chi connectivity index (χ4n) is 3.84. The Balaban J connectivity index is 1.51. The molecule has 1 aliphatic rings. The minimum Gasteiger partial charge on any atom is -0.354 e. The molecule has 1 aliphatic heterocycles. The topological polar surface area (TPSA) is 52.7 Å². The number of carbonyl (C=O) groups excluding carboxylic acids is 2. The molecule has 2 aromatic carbocycles. The molecule has 1 heterocycles. The van der Waals surface area contributed by atoms with Gasteiger partial charge in [0, 0.05) is 31.1 Å². The summed E-state index contributed by atoms with van der Waals surface area (Å²) in [6.45, 7) is 3.91. The van der Waals surface area contributed by atoms with Crippen LogP contribution in [0.4, 0.5) is 0 Å². The molecule has 2 aromatic rings. The predicted molar refractivity (Wildman–Crippen MR) is 116 cm³/mol. The summed E-state index contributed by atoms with van der Waals surface area (Å²) in [4.78, 5) is 29.3. The van der Waals surface area contributed by atoms with E-state index in [0.29, 0.717) is 38.0 Å². The lowest BCUT2D eigenvalue weighted by atomic mass is 9.95. The van der Waals surface area contributed by atoms with E-state index in [0.717, 1.165) is 0 Å². The van der Waals surface area contributed by atoms with Crippen molar-refractivity contribution in [2.75, 3.05) is 33.7 Å². The van der Waals surface area contributed by atoms with Gasteiger partial charge < -0.3 is 15.1 Å². The molecule has 0 spiro atoms. The zero-order valence-corrected chi connectivity index (χ0v) is 17.6. The zero-order chi connectivity index (χ0) is 20.8. The summed E-state index contributed by atoms with van der Waals surface area (Å²) in [6, 6.07) is 17.9. The minimum atomic E-state index is -0.0318. The van der Waals surface area contributed by atoms with Crippen LogP contribution in [-0.2, 0) is 4.79 Å². The summed E-state index contributed by atoms with van der Waals surface area (Å²) in [7, 11) is 4.06. The summed E-state index contributed by atoms with van der Waals surface area (Å²) in [6.07, 6.45) is 1.42. The van der Waals surface area contributed by atoms with Gasteiger partial charge in [-0.2, -0.15) is 0 Å². The van der Waals surface area contributed by atoms with Gasteiger partial charge in [0.1, 0.15) is 0 Å². The van der Waals surface area contributed by atoms with Crippen molar-refractivity contribution in [3.63, 3.8) is 0 Å². The number of hydrogen-bond donors (Lipinski definition) is 1. The largest absolute Gasteiger partial charge is 0.354 e. The molecule has 1 unspecified atom stereocenters. The van der Waals surface area contributed by atoms with Crippen LogP contribution in [0.3, 0.4) is 0 Å². The van der Waals surface area contributed by atoms with Crippen molar-refractivity contribution in [2.45, 2.75) is 25.8 Å². The van der Waals surface area contributed by atoms with Crippen LogP contribution < -0.4 is 5.32 Å². The molecule has 0 aromatic heterocycles. The predicted octanol–water partition coefficient (Wildman–Crippen LogP) is 3.27. The molecule has 2 amide bonds. The highest BCUT2D eigenvalue weighted by Crippen LogP contribution is 2.21. The monoisotopic (exact) mass is 393 g/mol. The van der Waals surface area contributed by atoms with E-state index < -0.39 is 0 Å². The molecule has 0 aliphatic carbocycles. The molecule has 5 heteroatoms. The minimum absolute atomic E-state index is 0.0318. The number of rotatable bonds is 6. The van der Waals surface area contributed by atoms with Gasteiger partial charge in [0.15, 0.2) is 0 Å². The molecular formula is C24H31N3O2. The zero-order valence-electron chi connectivity index (χ0n) is 17.6. The van der Waals surface area contributed by atoms with Gasteiger partial charge in [-0.3, -0.25) is 9.59 Å². The Bertz CT molecular complexity index is 810. The molecule has 1 fully saturated rings. The van der Waals surface area contributed by atoms with Crippen LogP contribution in [0.15, 0.2) is 54.6 Å². The Morgan fingerprint density at radius 3 is 2.24 bits per heavy atom. The lowest BCUT2D eigenvalue weighted by molar-refractivity contribution is -0.126. The standard InChI is InChI=1S/C24H31N3O2/c1-18-9-11-19(12-10-18)22(26(2)3)17-25-23(28)20-13-15-27(16-14-20)24(29)21-7-5-4-6-8-21/h4-12,20,22H,13-17H2,1-3H3,(H,25,28). The highest BCUT2D eigenvalue weighted by atomic mass is 16.2. The number of likely N-dealkylation sites (N-methyl/N-ethyl adjacent to an activating group) is 1. The van der Waals surface area contributed by atoms with Gasteiger partial charge in [0.2, 0.25) is 5.91 Å². The van der Waals surface area contributed by atoms with Gasteiger partial charge in [0.05, 0.1) is 6.04 Å². The maximum atomic E-state index is 12.7. The Kier molecular flexibility index (Phi) is 7.04. The number of carbonyl (C=O) groups is 2. The third-order valence-electron chi connectivity index (χ3n) is 5.73. The molecule has 29 heavy (non-hydrogen) atoms. The Morgan fingerprint density at radius 1 is 1.03 bits per heavy atom. The molecule has 1 atom stereocenters.